The Hall–Kier alpha value is -3.59. The number of H-pyrrole nitrogens is 1. The summed E-state index contributed by atoms with van der Waals surface area (Å²) in [5.41, 5.74) is 2.00. The highest BCUT2D eigenvalue weighted by molar-refractivity contribution is 5.78. The van der Waals surface area contributed by atoms with E-state index >= 15 is 0 Å². The molecule has 1 aliphatic rings. The van der Waals surface area contributed by atoms with E-state index in [0.717, 1.165) is 30.9 Å². The average molecular weight is 402 g/mol. The molecule has 5 heterocycles. The first-order valence-electron chi connectivity index (χ1n) is 10.1. The van der Waals surface area contributed by atoms with Crippen LogP contribution in [0.25, 0.3) is 22.3 Å². The Morgan fingerprint density at radius 2 is 2.07 bits per heavy atom. The number of anilines is 2. The average Bonchev–Trinajstić information content (AvgIpc) is 3.21. The van der Waals surface area contributed by atoms with Crippen molar-refractivity contribution in [1.82, 2.24) is 35.0 Å². The summed E-state index contributed by atoms with van der Waals surface area (Å²) in [4.78, 5) is 28.1. The van der Waals surface area contributed by atoms with Crippen molar-refractivity contribution in [3.63, 3.8) is 0 Å². The smallest absolute Gasteiger partial charge is 0.259 e. The molecule has 9 nitrogen and oxygen atoms in total. The molecule has 0 amide bonds. The van der Waals surface area contributed by atoms with Gasteiger partial charge in [-0.2, -0.15) is 5.10 Å². The second kappa shape index (κ2) is 8.03. The summed E-state index contributed by atoms with van der Waals surface area (Å²) < 4.78 is 1.98. The van der Waals surface area contributed by atoms with Crippen LogP contribution in [-0.4, -0.2) is 42.8 Å². The normalized spacial score (nSPS) is 14.8. The van der Waals surface area contributed by atoms with Gasteiger partial charge >= 0.3 is 0 Å². The summed E-state index contributed by atoms with van der Waals surface area (Å²) in [6.45, 7) is 3.08. The zero-order valence-corrected chi connectivity index (χ0v) is 16.4. The molecule has 0 radical (unpaired) electrons. The van der Waals surface area contributed by atoms with Crippen LogP contribution in [0.3, 0.4) is 0 Å². The Labute approximate surface area is 172 Å². The number of piperidine rings is 1. The van der Waals surface area contributed by atoms with Gasteiger partial charge < -0.3 is 15.6 Å². The van der Waals surface area contributed by atoms with Gasteiger partial charge in [-0.05, 0) is 50.0 Å². The van der Waals surface area contributed by atoms with E-state index in [0.29, 0.717) is 28.5 Å². The lowest BCUT2D eigenvalue weighted by molar-refractivity contribution is 0.321. The summed E-state index contributed by atoms with van der Waals surface area (Å²) in [7, 11) is 0. The maximum atomic E-state index is 12.3. The van der Waals surface area contributed by atoms with Gasteiger partial charge in [0.2, 0.25) is 0 Å². The molecule has 5 rings (SSSR count). The molecule has 0 spiro atoms. The molecule has 1 aliphatic heterocycles. The maximum absolute atomic E-state index is 12.3. The Bertz CT molecular complexity index is 1220. The molecule has 4 aromatic rings. The fraction of sp³-hybridized carbons (Fsp3) is 0.286. The van der Waals surface area contributed by atoms with Crippen molar-refractivity contribution < 1.29 is 0 Å². The Morgan fingerprint density at radius 3 is 2.97 bits per heavy atom. The van der Waals surface area contributed by atoms with E-state index in [9.17, 15) is 4.79 Å². The van der Waals surface area contributed by atoms with Crippen LogP contribution in [0.5, 0.6) is 0 Å². The highest BCUT2D eigenvalue weighted by atomic mass is 16.1. The van der Waals surface area contributed by atoms with Crippen LogP contribution >= 0.6 is 0 Å². The van der Waals surface area contributed by atoms with Gasteiger partial charge in [0, 0.05) is 30.7 Å². The van der Waals surface area contributed by atoms with Gasteiger partial charge in [-0.1, -0.05) is 0 Å². The number of nitrogens with zero attached hydrogens (tertiary/aromatic N) is 5. The van der Waals surface area contributed by atoms with Crippen LogP contribution < -0.4 is 16.2 Å². The van der Waals surface area contributed by atoms with Gasteiger partial charge in [0.15, 0.2) is 0 Å². The molecule has 3 N–H and O–H groups in total. The molecule has 30 heavy (non-hydrogen) atoms. The summed E-state index contributed by atoms with van der Waals surface area (Å²) >= 11 is 0. The monoisotopic (exact) mass is 402 g/mol. The van der Waals surface area contributed by atoms with Crippen molar-refractivity contribution in [2.45, 2.75) is 19.4 Å². The van der Waals surface area contributed by atoms with Crippen LogP contribution in [0.4, 0.5) is 11.5 Å². The predicted octanol–water partition coefficient (Wildman–Crippen LogP) is 2.32. The lowest BCUT2D eigenvalue weighted by Gasteiger charge is -2.22. The van der Waals surface area contributed by atoms with Crippen LogP contribution in [0.15, 0.2) is 54.0 Å². The molecule has 0 bridgehead atoms. The molecule has 152 valence electrons. The molecule has 9 heteroatoms. The minimum Gasteiger partial charge on any atom is -0.338 e. The van der Waals surface area contributed by atoms with E-state index in [1.807, 2.05) is 23.0 Å². The highest BCUT2D eigenvalue weighted by Crippen LogP contribution is 2.21. The van der Waals surface area contributed by atoms with E-state index in [2.05, 4.69) is 35.7 Å². The van der Waals surface area contributed by atoms with Gasteiger partial charge in [-0.15, -0.1) is 0 Å². The van der Waals surface area contributed by atoms with E-state index in [-0.39, 0.29) is 5.56 Å². The predicted molar refractivity (Wildman–Crippen MR) is 114 cm³/mol. The van der Waals surface area contributed by atoms with E-state index in [4.69, 9.17) is 0 Å². The topological polar surface area (TPSA) is 113 Å². The number of hydrogen-bond acceptors (Lipinski definition) is 7. The third-order valence-electron chi connectivity index (χ3n) is 5.35. The molecular weight excluding hydrogens is 380 g/mol. The van der Waals surface area contributed by atoms with Gasteiger partial charge in [0.1, 0.15) is 11.6 Å². The lowest BCUT2D eigenvalue weighted by atomic mass is 9.98. The number of fused-ring (bicyclic) bond motifs is 1. The van der Waals surface area contributed by atoms with Gasteiger partial charge in [0.25, 0.3) is 5.56 Å². The Kier molecular flexibility index (Phi) is 4.94. The first-order valence-corrected chi connectivity index (χ1v) is 10.1. The molecule has 1 saturated heterocycles. The minimum atomic E-state index is -0.192. The number of nitrogens with one attached hydrogen (secondary N) is 3. The molecule has 0 aromatic carbocycles. The van der Waals surface area contributed by atoms with E-state index in [1.165, 1.54) is 12.8 Å². The van der Waals surface area contributed by atoms with Crippen molar-refractivity contribution in [2.75, 3.05) is 18.4 Å². The largest absolute Gasteiger partial charge is 0.338 e. The standard InChI is InChI=1S/C21H22N8O/c30-21-17-4-7-23-11-18(17)27-20(28-21)15-3-8-24-19(9-15)26-16-10-25-29(13-16)12-14-1-5-22-6-2-14/h3-4,7-11,13-14,22H,1-2,5-6,12H2,(H,24,26)(H,27,28,30). The van der Waals surface area contributed by atoms with Crippen molar-refractivity contribution in [1.29, 1.82) is 0 Å². The van der Waals surface area contributed by atoms with Crippen LogP contribution in [0.1, 0.15) is 12.8 Å². The SMILES string of the molecule is O=c1[nH]c(-c2ccnc(Nc3cnn(CC4CCNCC4)c3)c2)nc2cnccc12. The molecule has 0 atom stereocenters. The van der Waals surface area contributed by atoms with Gasteiger partial charge in [-0.25, -0.2) is 9.97 Å². The first kappa shape index (κ1) is 18.4. The summed E-state index contributed by atoms with van der Waals surface area (Å²) in [6, 6.07) is 5.32. The minimum absolute atomic E-state index is 0.192. The molecule has 0 unspecified atom stereocenters. The second-order valence-electron chi connectivity index (χ2n) is 7.51. The Morgan fingerprint density at radius 1 is 1.17 bits per heavy atom. The lowest BCUT2D eigenvalue weighted by Crippen LogP contribution is -2.29. The van der Waals surface area contributed by atoms with Gasteiger partial charge in [0.05, 0.1) is 29.0 Å². The molecule has 4 aromatic heterocycles. The zero-order valence-electron chi connectivity index (χ0n) is 16.4. The summed E-state index contributed by atoms with van der Waals surface area (Å²) in [5, 5.41) is 11.7. The first-order chi connectivity index (χ1) is 14.7. The molecule has 0 aliphatic carbocycles. The van der Waals surface area contributed by atoms with Crippen LogP contribution in [0, 0.1) is 5.92 Å². The van der Waals surface area contributed by atoms with Crippen LogP contribution in [-0.2, 0) is 6.54 Å². The van der Waals surface area contributed by atoms with Crippen molar-refractivity contribution in [2.24, 2.45) is 5.92 Å². The molecular formula is C21H22N8O. The quantitative estimate of drug-likeness (QED) is 0.469. The maximum Gasteiger partial charge on any atom is 0.259 e. The third-order valence-corrected chi connectivity index (χ3v) is 5.35. The van der Waals surface area contributed by atoms with Crippen molar-refractivity contribution in [3.8, 4) is 11.4 Å². The van der Waals surface area contributed by atoms with Crippen LogP contribution in [0.2, 0.25) is 0 Å². The number of pyridine rings is 2. The Balaban J connectivity index is 1.35. The fourth-order valence-electron chi connectivity index (χ4n) is 3.78. The number of aromatic amines is 1. The summed E-state index contributed by atoms with van der Waals surface area (Å²) in [6.07, 6.45) is 11.0. The van der Waals surface area contributed by atoms with Gasteiger partial charge in [-0.3, -0.25) is 14.5 Å². The summed E-state index contributed by atoms with van der Waals surface area (Å²) in [5.74, 6) is 1.79. The van der Waals surface area contributed by atoms with E-state index in [1.54, 1.807) is 30.9 Å². The highest BCUT2D eigenvalue weighted by Gasteiger charge is 2.14. The van der Waals surface area contributed by atoms with Crippen molar-refractivity contribution >= 4 is 22.4 Å². The van der Waals surface area contributed by atoms with E-state index < -0.39 is 0 Å². The zero-order chi connectivity index (χ0) is 20.3. The molecule has 0 saturated carbocycles. The number of hydrogen-bond donors (Lipinski definition) is 3. The number of aromatic nitrogens is 6. The van der Waals surface area contributed by atoms with Crippen molar-refractivity contribution in [3.05, 3.63) is 59.5 Å². The second-order valence-corrected chi connectivity index (χ2v) is 7.51. The fourth-order valence-corrected chi connectivity index (χ4v) is 3.78. The third kappa shape index (κ3) is 3.92. The number of rotatable bonds is 5. The molecule has 1 fully saturated rings.